The Hall–Kier alpha value is -2.58. The summed E-state index contributed by atoms with van der Waals surface area (Å²) in [7, 11) is 0. The lowest BCUT2D eigenvalue weighted by Crippen LogP contribution is -2.41. The fourth-order valence-corrected chi connectivity index (χ4v) is 3.57. The SMILES string of the molecule is CCC(C)c1ccc(OC(OC(C)c2ccccc2)C(C)(C)c2ccccc2)cc1. The Labute approximate surface area is 181 Å². The third-order valence-electron chi connectivity index (χ3n) is 6.01. The highest BCUT2D eigenvalue weighted by atomic mass is 16.7. The molecule has 3 rings (SSSR count). The van der Waals surface area contributed by atoms with Gasteiger partial charge in [-0.05, 0) is 61.9 Å². The van der Waals surface area contributed by atoms with Gasteiger partial charge in [-0.25, -0.2) is 0 Å². The molecular weight excluding hydrogens is 368 g/mol. The minimum Gasteiger partial charge on any atom is -0.464 e. The molecule has 0 spiro atoms. The lowest BCUT2D eigenvalue weighted by molar-refractivity contribution is -0.150. The summed E-state index contributed by atoms with van der Waals surface area (Å²) in [5, 5.41) is 0. The van der Waals surface area contributed by atoms with Crippen LogP contribution in [0.4, 0.5) is 0 Å². The second-order valence-electron chi connectivity index (χ2n) is 8.60. The molecule has 0 amide bonds. The Balaban J connectivity index is 1.87. The van der Waals surface area contributed by atoms with E-state index in [1.807, 2.05) is 24.3 Å². The molecule has 158 valence electrons. The van der Waals surface area contributed by atoms with Gasteiger partial charge in [0.1, 0.15) is 5.75 Å². The van der Waals surface area contributed by atoms with Crippen LogP contribution in [-0.4, -0.2) is 6.29 Å². The second-order valence-corrected chi connectivity index (χ2v) is 8.60. The van der Waals surface area contributed by atoms with Gasteiger partial charge in [-0.2, -0.15) is 0 Å². The fraction of sp³-hybridized carbons (Fsp3) is 0.357. The summed E-state index contributed by atoms with van der Waals surface area (Å²) in [5.41, 5.74) is 3.33. The molecule has 0 aliphatic carbocycles. The number of rotatable bonds is 9. The molecule has 0 aromatic heterocycles. The molecule has 3 atom stereocenters. The summed E-state index contributed by atoms with van der Waals surface area (Å²) in [5.74, 6) is 1.38. The highest BCUT2D eigenvalue weighted by Crippen LogP contribution is 2.34. The number of benzene rings is 3. The molecule has 0 radical (unpaired) electrons. The van der Waals surface area contributed by atoms with Gasteiger partial charge in [-0.15, -0.1) is 0 Å². The molecule has 3 aromatic rings. The van der Waals surface area contributed by atoms with Crippen LogP contribution in [-0.2, 0) is 10.2 Å². The molecule has 0 N–H and O–H groups in total. The van der Waals surface area contributed by atoms with Crippen molar-refractivity contribution in [3.63, 3.8) is 0 Å². The molecule has 0 saturated carbocycles. The maximum atomic E-state index is 6.54. The van der Waals surface area contributed by atoms with Crippen molar-refractivity contribution in [3.8, 4) is 5.75 Å². The van der Waals surface area contributed by atoms with Crippen LogP contribution in [0.2, 0.25) is 0 Å². The van der Waals surface area contributed by atoms with E-state index >= 15 is 0 Å². The Morgan fingerprint density at radius 3 is 1.87 bits per heavy atom. The van der Waals surface area contributed by atoms with E-state index in [1.165, 1.54) is 11.1 Å². The molecule has 3 aromatic carbocycles. The van der Waals surface area contributed by atoms with E-state index in [2.05, 4.69) is 95.3 Å². The average molecular weight is 403 g/mol. The van der Waals surface area contributed by atoms with Crippen molar-refractivity contribution in [1.29, 1.82) is 0 Å². The van der Waals surface area contributed by atoms with Crippen LogP contribution < -0.4 is 4.74 Å². The van der Waals surface area contributed by atoms with E-state index in [1.54, 1.807) is 0 Å². The molecule has 0 aliphatic rings. The third kappa shape index (κ3) is 5.31. The number of hydrogen-bond acceptors (Lipinski definition) is 2. The molecule has 0 fully saturated rings. The number of hydrogen-bond donors (Lipinski definition) is 0. The van der Waals surface area contributed by atoms with Crippen molar-refractivity contribution in [2.24, 2.45) is 0 Å². The summed E-state index contributed by atoms with van der Waals surface area (Å²) in [4.78, 5) is 0. The Morgan fingerprint density at radius 1 is 0.733 bits per heavy atom. The van der Waals surface area contributed by atoms with Crippen LogP contribution >= 0.6 is 0 Å². The monoisotopic (exact) mass is 402 g/mol. The summed E-state index contributed by atoms with van der Waals surface area (Å²) >= 11 is 0. The standard InChI is InChI=1S/C28H34O2/c1-6-21(2)23-17-19-26(20-18-23)30-27(28(4,5)25-15-11-8-12-16-25)29-22(3)24-13-9-7-10-14-24/h7-22,27H,6H2,1-5H3. The topological polar surface area (TPSA) is 18.5 Å². The van der Waals surface area contributed by atoms with Crippen LogP contribution in [0.15, 0.2) is 84.9 Å². The lowest BCUT2D eigenvalue weighted by Gasteiger charge is -2.36. The number of ether oxygens (including phenoxy) is 2. The average Bonchev–Trinajstić information content (AvgIpc) is 2.79. The summed E-state index contributed by atoms with van der Waals surface area (Å²) in [6.45, 7) is 10.9. The van der Waals surface area contributed by atoms with Crippen LogP contribution in [0.1, 0.15) is 69.8 Å². The zero-order valence-electron chi connectivity index (χ0n) is 18.8. The van der Waals surface area contributed by atoms with Crippen molar-refractivity contribution in [2.75, 3.05) is 0 Å². The maximum Gasteiger partial charge on any atom is 0.209 e. The molecule has 0 bridgehead atoms. The minimum absolute atomic E-state index is 0.0847. The first-order valence-corrected chi connectivity index (χ1v) is 10.9. The molecular formula is C28H34O2. The predicted molar refractivity (Wildman–Crippen MR) is 125 cm³/mol. The smallest absolute Gasteiger partial charge is 0.209 e. The first-order chi connectivity index (χ1) is 14.4. The van der Waals surface area contributed by atoms with E-state index in [-0.39, 0.29) is 11.5 Å². The third-order valence-corrected chi connectivity index (χ3v) is 6.01. The van der Waals surface area contributed by atoms with Gasteiger partial charge in [-0.3, -0.25) is 0 Å². The van der Waals surface area contributed by atoms with Crippen LogP contribution in [0.25, 0.3) is 0 Å². The van der Waals surface area contributed by atoms with Gasteiger partial charge in [0.15, 0.2) is 0 Å². The molecule has 0 heterocycles. The lowest BCUT2D eigenvalue weighted by atomic mass is 9.83. The maximum absolute atomic E-state index is 6.54. The zero-order chi connectivity index (χ0) is 21.6. The van der Waals surface area contributed by atoms with Crippen molar-refractivity contribution in [3.05, 3.63) is 102 Å². The van der Waals surface area contributed by atoms with Crippen LogP contribution in [0.5, 0.6) is 5.75 Å². The summed E-state index contributed by atoms with van der Waals surface area (Å²) in [6.07, 6.45) is 0.602. The second kappa shape index (κ2) is 9.95. The largest absolute Gasteiger partial charge is 0.464 e. The van der Waals surface area contributed by atoms with E-state index in [4.69, 9.17) is 9.47 Å². The van der Waals surface area contributed by atoms with Gasteiger partial charge >= 0.3 is 0 Å². The van der Waals surface area contributed by atoms with E-state index in [0.717, 1.165) is 17.7 Å². The first kappa shape index (κ1) is 22.1. The van der Waals surface area contributed by atoms with Gasteiger partial charge in [0, 0.05) is 0 Å². The summed E-state index contributed by atoms with van der Waals surface area (Å²) in [6, 6.07) is 29.2. The van der Waals surface area contributed by atoms with Crippen molar-refractivity contribution in [1.82, 2.24) is 0 Å². The van der Waals surface area contributed by atoms with E-state index in [9.17, 15) is 0 Å². The van der Waals surface area contributed by atoms with Gasteiger partial charge in [0.05, 0.1) is 11.5 Å². The Bertz CT molecular complexity index is 885. The normalized spacial score (nSPS) is 14.7. The fourth-order valence-electron chi connectivity index (χ4n) is 3.57. The molecule has 0 saturated heterocycles. The van der Waals surface area contributed by atoms with Gasteiger partial charge in [0.25, 0.3) is 0 Å². The molecule has 3 unspecified atom stereocenters. The van der Waals surface area contributed by atoms with Crippen molar-refractivity contribution >= 4 is 0 Å². The minimum atomic E-state index is -0.440. The van der Waals surface area contributed by atoms with Gasteiger partial charge in [-0.1, -0.05) is 86.6 Å². The van der Waals surface area contributed by atoms with Crippen LogP contribution in [0, 0.1) is 0 Å². The van der Waals surface area contributed by atoms with Gasteiger partial charge < -0.3 is 9.47 Å². The van der Waals surface area contributed by atoms with E-state index in [0.29, 0.717) is 5.92 Å². The van der Waals surface area contributed by atoms with Gasteiger partial charge in [0.2, 0.25) is 6.29 Å². The zero-order valence-corrected chi connectivity index (χ0v) is 18.8. The molecule has 30 heavy (non-hydrogen) atoms. The van der Waals surface area contributed by atoms with Crippen LogP contribution in [0.3, 0.4) is 0 Å². The highest BCUT2D eigenvalue weighted by Gasteiger charge is 2.35. The van der Waals surface area contributed by atoms with Crippen molar-refractivity contribution in [2.45, 2.75) is 64.8 Å². The highest BCUT2D eigenvalue weighted by molar-refractivity contribution is 5.31. The molecule has 2 heteroatoms. The molecule has 0 aliphatic heterocycles. The van der Waals surface area contributed by atoms with E-state index < -0.39 is 6.29 Å². The molecule has 2 nitrogen and oxygen atoms in total. The Kier molecular flexibility index (Phi) is 7.33. The first-order valence-electron chi connectivity index (χ1n) is 10.9. The van der Waals surface area contributed by atoms with Crippen molar-refractivity contribution < 1.29 is 9.47 Å². The quantitative estimate of drug-likeness (QED) is 0.342. The summed E-state index contributed by atoms with van der Waals surface area (Å²) < 4.78 is 13.0. The predicted octanol–water partition coefficient (Wildman–Crippen LogP) is 7.66. The Morgan fingerprint density at radius 2 is 1.30 bits per heavy atom.